The van der Waals surface area contributed by atoms with Gasteiger partial charge in [-0.3, -0.25) is 4.79 Å². The summed E-state index contributed by atoms with van der Waals surface area (Å²) in [5.74, 6) is 1.53. The first-order valence-corrected chi connectivity index (χ1v) is 9.20. The average Bonchev–Trinajstić information content (AvgIpc) is 2.66. The van der Waals surface area contributed by atoms with Crippen molar-refractivity contribution >= 4 is 29.1 Å². The van der Waals surface area contributed by atoms with E-state index >= 15 is 0 Å². The molecule has 0 aliphatic carbocycles. The van der Waals surface area contributed by atoms with Gasteiger partial charge < -0.3 is 14.8 Å². The third-order valence-corrected chi connectivity index (χ3v) is 4.80. The molecule has 0 radical (unpaired) electrons. The number of carbonyl (C=O) groups excluding carboxylic acids is 1. The zero-order valence-corrected chi connectivity index (χ0v) is 16.5. The van der Waals surface area contributed by atoms with Crippen LogP contribution in [0.4, 0.5) is 0 Å². The Morgan fingerprint density at radius 2 is 1.81 bits per heavy atom. The van der Waals surface area contributed by atoms with Gasteiger partial charge in [0.05, 0.1) is 24.3 Å². The molecule has 140 valence electrons. The molecular weight excluding hydrogens is 373 g/mol. The first-order valence-electron chi connectivity index (χ1n) is 8.45. The number of halogens is 2. The van der Waals surface area contributed by atoms with E-state index in [-0.39, 0.29) is 5.91 Å². The number of hydrogen-bond donors (Lipinski definition) is 1. The van der Waals surface area contributed by atoms with Gasteiger partial charge in [-0.25, -0.2) is 0 Å². The summed E-state index contributed by atoms with van der Waals surface area (Å²) in [6, 6.07) is 11.2. The van der Waals surface area contributed by atoms with Crippen molar-refractivity contribution in [3.05, 3.63) is 57.6 Å². The van der Waals surface area contributed by atoms with Gasteiger partial charge in [0.25, 0.3) is 0 Å². The van der Waals surface area contributed by atoms with Crippen molar-refractivity contribution in [3.63, 3.8) is 0 Å². The summed E-state index contributed by atoms with van der Waals surface area (Å²) in [5.41, 5.74) is 2.06. The predicted octanol–water partition coefficient (Wildman–Crippen LogP) is 4.69. The SMILES string of the molecule is COc1ccc(OC)c(CCC(=O)NCCCc2ccc(Cl)c(Cl)c2)c1. The summed E-state index contributed by atoms with van der Waals surface area (Å²) in [6.45, 7) is 0.619. The van der Waals surface area contributed by atoms with Gasteiger partial charge in [-0.05, 0) is 60.7 Å². The second kappa shape index (κ2) is 10.3. The molecule has 0 saturated heterocycles. The molecule has 0 fully saturated rings. The van der Waals surface area contributed by atoms with Gasteiger partial charge >= 0.3 is 0 Å². The maximum absolute atomic E-state index is 12.1. The van der Waals surface area contributed by atoms with Gasteiger partial charge in [-0.2, -0.15) is 0 Å². The molecule has 2 aromatic rings. The summed E-state index contributed by atoms with van der Waals surface area (Å²) in [6.07, 6.45) is 2.67. The predicted molar refractivity (Wildman–Crippen MR) is 106 cm³/mol. The molecule has 2 rings (SSSR count). The number of carbonyl (C=O) groups is 1. The Bertz CT molecular complexity index is 750. The Morgan fingerprint density at radius 3 is 2.50 bits per heavy atom. The van der Waals surface area contributed by atoms with Gasteiger partial charge in [-0.15, -0.1) is 0 Å². The summed E-state index contributed by atoms with van der Waals surface area (Å²) >= 11 is 11.9. The minimum Gasteiger partial charge on any atom is -0.497 e. The van der Waals surface area contributed by atoms with Crippen LogP contribution in [0, 0.1) is 0 Å². The molecule has 26 heavy (non-hydrogen) atoms. The number of methoxy groups -OCH3 is 2. The lowest BCUT2D eigenvalue weighted by Crippen LogP contribution is -2.25. The van der Waals surface area contributed by atoms with E-state index in [2.05, 4.69) is 5.32 Å². The van der Waals surface area contributed by atoms with E-state index < -0.39 is 0 Å². The quantitative estimate of drug-likeness (QED) is 0.626. The highest BCUT2D eigenvalue weighted by Crippen LogP contribution is 2.25. The topological polar surface area (TPSA) is 47.6 Å². The molecule has 1 N–H and O–H groups in total. The Hall–Kier alpha value is -1.91. The molecule has 0 unspecified atom stereocenters. The highest BCUT2D eigenvalue weighted by Gasteiger charge is 2.08. The first kappa shape index (κ1) is 20.4. The van der Waals surface area contributed by atoms with Crippen molar-refractivity contribution in [1.82, 2.24) is 5.32 Å². The van der Waals surface area contributed by atoms with Crippen LogP contribution in [0.2, 0.25) is 10.0 Å². The van der Waals surface area contributed by atoms with E-state index in [1.54, 1.807) is 20.3 Å². The molecule has 6 heteroatoms. The molecule has 0 atom stereocenters. The average molecular weight is 396 g/mol. The normalized spacial score (nSPS) is 10.5. The molecule has 2 aromatic carbocycles. The molecule has 4 nitrogen and oxygen atoms in total. The van der Waals surface area contributed by atoms with Crippen LogP contribution in [0.5, 0.6) is 11.5 Å². The summed E-state index contributed by atoms with van der Waals surface area (Å²) in [7, 11) is 3.24. The first-order chi connectivity index (χ1) is 12.5. The lowest BCUT2D eigenvalue weighted by molar-refractivity contribution is -0.121. The van der Waals surface area contributed by atoms with Crippen LogP contribution in [-0.4, -0.2) is 26.7 Å². The summed E-state index contributed by atoms with van der Waals surface area (Å²) in [5, 5.41) is 4.05. The zero-order chi connectivity index (χ0) is 18.9. The Balaban J connectivity index is 1.74. The fourth-order valence-corrected chi connectivity index (χ4v) is 2.95. The Labute approximate surface area is 164 Å². The molecule has 0 saturated carbocycles. The number of amides is 1. The van der Waals surface area contributed by atoms with Gasteiger partial charge in [-0.1, -0.05) is 29.3 Å². The second-order valence-corrected chi connectivity index (χ2v) is 6.69. The smallest absolute Gasteiger partial charge is 0.220 e. The fourth-order valence-electron chi connectivity index (χ4n) is 2.63. The minimum absolute atomic E-state index is 0.0176. The highest BCUT2D eigenvalue weighted by molar-refractivity contribution is 6.42. The third-order valence-electron chi connectivity index (χ3n) is 4.06. The third kappa shape index (κ3) is 6.11. The van der Waals surface area contributed by atoms with Crippen molar-refractivity contribution in [2.75, 3.05) is 20.8 Å². The number of benzene rings is 2. The van der Waals surface area contributed by atoms with Crippen LogP contribution in [0.1, 0.15) is 24.0 Å². The van der Waals surface area contributed by atoms with Crippen LogP contribution < -0.4 is 14.8 Å². The van der Waals surface area contributed by atoms with Gasteiger partial charge in [0.15, 0.2) is 0 Å². The van der Waals surface area contributed by atoms with Crippen LogP contribution in [0.15, 0.2) is 36.4 Å². The van der Waals surface area contributed by atoms with Crippen molar-refractivity contribution in [2.45, 2.75) is 25.7 Å². The van der Waals surface area contributed by atoms with Crippen LogP contribution in [0.3, 0.4) is 0 Å². The number of ether oxygens (including phenoxy) is 2. The standard InChI is InChI=1S/C20H23Cl2NO3/c1-25-16-7-9-19(26-2)15(13-16)6-10-20(24)23-11-3-4-14-5-8-17(21)18(22)12-14/h5,7-9,12-13H,3-4,6,10-11H2,1-2H3,(H,23,24). The molecule has 1 amide bonds. The van der Waals surface area contributed by atoms with Crippen molar-refractivity contribution in [1.29, 1.82) is 0 Å². The molecule has 0 aliphatic rings. The maximum Gasteiger partial charge on any atom is 0.220 e. The number of rotatable bonds is 9. The summed E-state index contributed by atoms with van der Waals surface area (Å²) in [4.78, 5) is 12.1. The maximum atomic E-state index is 12.1. The van der Waals surface area contributed by atoms with E-state index in [1.807, 2.05) is 30.3 Å². The van der Waals surface area contributed by atoms with Crippen molar-refractivity contribution < 1.29 is 14.3 Å². The number of aryl methyl sites for hydroxylation is 2. The number of hydrogen-bond acceptors (Lipinski definition) is 3. The number of nitrogens with one attached hydrogen (secondary N) is 1. The van der Waals surface area contributed by atoms with Crippen LogP contribution in [0.25, 0.3) is 0 Å². The van der Waals surface area contributed by atoms with Crippen LogP contribution in [-0.2, 0) is 17.6 Å². The largest absolute Gasteiger partial charge is 0.497 e. The van der Waals surface area contributed by atoms with E-state index in [4.69, 9.17) is 32.7 Å². The molecule has 0 aromatic heterocycles. The fraction of sp³-hybridized carbons (Fsp3) is 0.350. The highest BCUT2D eigenvalue weighted by atomic mass is 35.5. The lowest BCUT2D eigenvalue weighted by atomic mass is 10.1. The van der Waals surface area contributed by atoms with E-state index in [9.17, 15) is 4.79 Å². The molecular formula is C20H23Cl2NO3. The van der Waals surface area contributed by atoms with Gasteiger partial charge in [0.2, 0.25) is 5.91 Å². The van der Waals surface area contributed by atoms with Crippen molar-refractivity contribution in [2.24, 2.45) is 0 Å². The van der Waals surface area contributed by atoms with E-state index in [0.29, 0.717) is 29.4 Å². The van der Waals surface area contributed by atoms with Crippen LogP contribution >= 0.6 is 23.2 Å². The Morgan fingerprint density at radius 1 is 1.00 bits per heavy atom. The van der Waals surface area contributed by atoms with E-state index in [1.165, 1.54) is 0 Å². The molecule has 0 bridgehead atoms. The lowest BCUT2D eigenvalue weighted by Gasteiger charge is -2.11. The van der Waals surface area contributed by atoms with Gasteiger partial charge in [0.1, 0.15) is 11.5 Å². The summed E-state index contributed by atoms with van der Waals surface area (Å²) < 4.78 is 10.6. The molecule has 0 heterocycles. The monoisotopic (exact) mass is 395 g/mol. The molecule has 0 aliphatic heterocycles. The van der Waals surface area contributed by atoms with E-state index in [0.717, 1.165) is 35.5 Å². The zero-order valence-electron chi connectivity index (χ0n) is 15.0. The van der Waals surface area contributed by atoms with Gasteiger partial charge in [0, 0.05) is 13.0 Å². The van der Waals surface area contributed by atoms with Crippen molar-refractivity contribution in [3.8, 4) is 11.5 Å². The minimum atomic E-state index is 0.0176. The molecule has 0 spiro atoms. The Kier molecular flexibility index (Phi) is 8.07. The second-order valence-electron chi connectivity index (χ2n) is 5.88.